The van der Waals surface area contributed by atoms with Crippen molar-refractivity contribution < 1.29 is 9.59 Å². The third-order valence-corrected chi connectivity index (χ3v) is 7.20. The molecule has 4 heterocycles. The van der Waals surface area contributed by atoms with Gasteiger partial charge >= 0.3 is 0 Å². The van der Waals surface area contributed by atoms with Crippen molar-refractivity contribution in [2.24, 2.45) is 11.8 Å². The molecule has 2 aromatic rings. The number of hydrogen-bond donors (Lipinski definition) is 0. The fraction of sp³-hybridized carbons (Fsp3) is 0.565. The molecule has 2 bridgehead atoms. The lowest BCUT2D eigenvalue weighted by atomic mass is 9.71. The van der Waals surface area contributed by atoms with E-state index < -0.39 is 0 Å². The molecule has 158 valence electrons. The van der Waals surface area contributed by atoms with Gasteiger partial charge in [0.25, 0.3) is 5.91 Å². The lowest BCUT2D eigenvalue weighted by Crippen LogP contribution is -2.65. The number of rotatable bonds is 4. The van der Waals surface area contributed by atoms with E-state index in [0.717, 1.165) is 50.9 Å². The molecule has 0 N–H and O–H groups in total. The smallest absolute Gasteiger partial charge is 0.256 e. The lowest BCUT2D eigenvalue weighted by Gasteiger charge is -2.56. The van der Waals surface area contributed by atoms with Crippen molar-refractivity contribution in [2.45, 2.75) is 57.5 Å². The van der Waals surface area contributed by atoms with E-state index >= 15 is 0 Å². The molecule has 30 heavy (non-hydrogen) atoms. The molecule has 7 nitrogen and oxygen atoms in total. The first-order chi connectivity index (χ1) is 14.7. The quantitative estimate of drug-likeness (QED) is 0.781. The molecule has 3 saturated heterocycles. The zero-order valence-electron chi connectivity index (χ0n) is 17.5. The van der Waals surface area contributed by atoms with Crippen LogP contribution in [-0.2, 0) is 4.79 Å². The lowest BCUT2D eigenvalue weighted by molar-refractivity contribution is -0.152. The topological polar surface area (TPSA) is 71.3 Å². The van der Waals surface area contributed by atoms with Crippen LogP contribution in [0.15, 0.2) is 36.9 Å². The Labute approximate surface area is 177 Å². The van der Waals surface area contributed by atoms with Crippen LogP contribution < -0.4 is 0 Å². The van der Waals surface area contributed by atoms with Crippen LogP contribution in [0.3, 0.4) is 0 Å². The van der Waals surface area contributed by atoms with Crippen LogP contribution in [0.2, 0.25) is 0 Å². The predicted molar refractivity (Wildman–Crippen MR) is 112 cm³/mol. The van der Waals surface area contributed by atoms with Gasteiger partial charge in [-0.05, 0) is 49.7 Å². The molecule has 4 atom stereocenters. The Morgan fingerprint density at radius 1 is 1.13 bits per heavy atom. The fourth-order valence-electron chi connectivity index (χ4n) is 5.98. The SMILES string of the molecule is CCC[C@H]1[C@H]2C[C@H](CN(C(=O)c3ccccc3-n3cnnc3)C2)[C@@H]2CCCC(=O)N21. The largest absolute Gasteiger partial charge is 0.338 e. The maximum absolute atomic E-state index is 13.6. The Balaban J connectivity index is 1.44. The zero-order valence-corrected chi connectivity index (χ0v) is 17.5. The third kappa shape index (κ3) is 3.20. The Morgan fingerprint density at radius 2 is 1.90 bits per heavy atom. The Bertz CT molecular complexity index is 927. The molecule has 0 spiro atoms. The van der Waals surface area contributed by atoms with Crippen molar-refractivity contribution in [3.8, 4) is 5.69 Å². The zero-order chi connectivity index (χ0) is 20.7. The summed E-state index contributed by atoms with van der Waals surface area (Å²) in [6.45, 7) is 3.66. The van der Waals surface area contributed by atoms with Crippen LogP contribution in [0.25, 0.3) is 5.69 Å². The summed E-state index contributed by atoms with van der Waals surface area (Å²) in [7, 11) is 0. The normalized spacial score (nSPS) is 28.4. The number of amides is 2. The molecular formula is C23H29N5O2. The number of likely N-dealkylation sites (tertiary alicyclic amines) is 1. The standard InChI is InChI=1S/C23H29N5O2/c1-2-6-19-16-11-17(20-9-5-10-22(29)28(19)20)13-26(12-16)23(30)18-7-3-4-8-21(18)27-14-24-25-15-27/h3-4,7-8,14-17,19-20H,2,5-6,9-13H2,1H3/t16-,17+,19-,20-/m0/s1. The van der Waals surface area contributed by atoms with Gasteiger partial charge in [0, 0.05) is 31.6 Å². The van der Waals surface area contributed by atoms with Gasteiger partial charge in [-0.15, -0.1) is 10.2 Å². The van der Waals surface area contributed by atoms with Crippen LogP contribution in [0, 0.1) is 11.8 Å². The van der Waals surface area contributed by atoms with Crippen molar-refractivity contribution in [1.82, 2.24) is 24.6 Å². The van der Waals surface area contributed by atoms with Gasteiger partial charge in [0.15, 0.2) is 0 Å². The van der Waals surface area contributed by atoms with Crippen LogP contribution in [0.4, 0.5) is 0 Å². The van der Waals surface area contributed by atoms with E-state index in [9.17, 15) is 9.59 Å². The Hall–Kier alpha value is -2.70. The number of para-hydroxylation sites is 1. The minimum Gasteiger partial charge on any atom is -0.338 e. The van der Waals surface area contributed by atoms with Gasteiger partial charge in [0.05, 0.1) is 11.3 Å². The second kappa shape index (κ2) is 7.85. The highest BCUT2D eigenvalue weighted by atomic mass is 16.2. The van der Waals surface area contributed by atoms with Crippen molar-refractivity contribution >= 4 is 11.8 Å². The van der Waals surface area contributed by atoms with Gasteiger partial charge in [-0.25, -0.2) is 0 Å². The van der Waals surface area contributed by atoms with Gasteiger partial charge in [-0.1, -0.05) is 25.5 Å². The van der Waals surface area contributed by atoms with Gasteiger partial charge in [0.2, 0.25) is 5.91 Å². The number of aromatic nitrogens is 3. The maximum Gasteiger partial charge on any atom is 0.256 e. The predicted octanol–water partition coefficient (Wildman–Crippen LogP) is 2.91. The first-order valence-corrected chi connectivity index (χ1v) is 11.2. The molecule has 3 aliphatic rings. The molecule has 0 radical (unpaired) electrons. The molecule has 0 aliphatic carbocycles. The Kier molecular flexibility index (Phi) is 5.05. The van der Waals surface area contributed by atoms with E-state index in [4.69, 9.17) is 0 Å². The molecule has 5 rings (SSSR count). The van der Waals surface area contributed by atoms with Crippen molar-refractivity contribution in [2.75, 3.05) is 13.1 Å². The maximum atomic E-state index is 13.6. The minimum atomic E-state index is 0.0693. The molecule has 1 aromatic carbocycles. The molecule has 2 amide bonds. The van der Waals surface area contributed by atoms with E-state index in [1.165, 1.54) is 0 Å². The van der Waals surface area contributed by atoms with Crippen LogP contribution in [-0.4, -0.2) is 61.6 Å². The molecular weight excluding hydrogens is 378 g/mol. The van der Waals surface area contributed by atoms with Gasteiger partial charge in [0.1, 0.15) is 12.7 Å². The number of carbonyl (C=O) groups is 2. The average molecular weight is 408 g/mol. The molecule has 0 unspecified atom stereocenters. The number of benzene rings is 1. The summed E-state index contributed by atoms with van der Waals surface area (Å²) in [5.74, 6) is 1.15. The Morgan fingerprint density at radius 3 is 2.70 bits per heavy atom. The number of nitrogens with zero attached hydrogens (tertiary/aromatic N) is 5. The molecule has 7 heteroatoms. The number of fused-ring (bicyclic) bond motifs is 4. The summed E-state index contributed by atoms with van der Waals surface area (Å²) in [5.41, 5.74) is 1.49. The minimum absolute atomic E-state index is 0.0693. The summed E-state index contributed by atoms with van der Waals surface area (Å²) in [6.07, 6.45) is 9.21. The first kappa shape index (κ1) is 19.3. The van der Waals surface area contributed by atoms with Gasteiger partial charge in [-0.2, -0.15) is 0 Å². The van der Waals surface area contributed by atoms with E-state index in [1.54, 1.807) is 17.2 Å². The van der Waals surface area contributed by atoms with Gasteiger partial charge in [-0.3, -0.25) is 14.2 Å². The first-order valence-electron chi connectivity index (χ1n) is 11.2. The van der Waals surface area contributed by atoms with E-state index in [1.807, 2.05) is 29.2 Å². The summed E-state index contributed by atoms with van der Waals surface area (Å²) < 4.78 is 1.79. The van der Waals surface area contributed by atoms with E-state index in [2.05, 4.69) is 22.0 Å². The summed E-state index contributed by atoms with van der Waals surface area (Å²) in [4.78, 5) is 30.7. The molecule has 3 aliphatic heterocycles. The number of hydrogen-bond acceptors (Lipinski definition) is 4. The summed E-state index contributed by atoms with van der Waals surface area (Å²) in [5, 5.41) is 7.78. The average Bonchev–Trinajstić information content (AvgIpc) is 3.31. The highest BCUT2D eigenvalue weighted by Gasteiger charge is 2.49. The highest BCUT2D eigenvalue weighted by molar-refractivity contribution is 5.98. The second-order valence-corrected chi connectivity index (χ2v) is 8.97. The van der Waals surface area contributed by atoms with Gasteiger partial charge < -0.3 is 9.80 Å². The fourth-order valence-corrected chi connectivity index (χ4v) is 5.98. The summed E-state index contributed by atoms with van der Waals surface area (Å²) in [6, 6.07) is 8.23. The molecule has 0 saturated carbocycles. The molecule has 1 aromatic heterocycles. The third-order valence-electron chi connectivity index (χ3n) is 7.20. The van der Waals surface area contributed by atoms with Crippen LogP contribution >= 0.6 is 0 Å². The number of carbonyl (C=O) groups excluding carboxylic acids is 2. The van der Waals surface area contributed by atoms with Crippen LogP contribution in [0.5, 0.6) is 0 Å². The van der Waals surface area contributed by atoms with Crippen molar-refractivity contribution in [1.29, 1.82) is 0 Å². The van der Waals surface area contributed by atoms with E-state index in [0.29, 0.717) is 35.8 Å². The van der Waals surface area contributed by atoms with Crippen molar-refractivity contribution in [3.63, 3.8) is 0 Å². The monoisotopic (exact) mass is 407 g/mol. The highest BCUT2D eigenvalue weighted by Crippen LogP contribution is 2.43. The molecule has 3 fully saturated rings. The summed E-state index contributed by atoms with van der Waals surface area (Å²) >= 11 is 0. The second-order valence-electron chi connectivity index (χ2n) is 8.97. The van der Waals surface area contributed by atoms with Crippen LogP contribution in [0.1, 0.15) is 55.8 Å². The van der Waals surface area contributed by atoms with E-state index in [-0.39, 0.29) is 11.9 Å². The number of piperidine rings is 3. The van der Waals surface area contributed by atoms with Crippen molar-refractivity contribution in [3.05, 3.63) is 42.5 Å².